The van der Waals surface area contributed by atoms with Crippen molar-refractivity contribution in [3.63, 3.8) is 0 Å². The van der Waals surface area contributed by atoms with Crippen LogP contribution in [0.4, 0.5) is 0 Å². The van der Waals surface area contributed by atoms with Crippen molar-refractivity contribution in [2.24, 2.45) is 40.4 Å². The number of nitrogens with one attached hydrogen (secondary N) is 1. The second kappa shape index (κ2) is 7.41. The molecule has 0 aliphatic heterocycles. The third-order valence-corrected chi connectivity index (χ3v) is 11.2. The van der Waals surface area contributed by atoms with Crippen LogP contribution < -0.4 is 0 Å². The number of hydrogen-bond acceptors (Lipinski definition) is 3. The highest BCUT2D eigenvalue weighted by Gasteiger charge is 2.61. The molecule has 0 spiro atoms. The average molecular weight is 449 g/mol. The van der Waals surface area contributed by atoms with Crippen LogP contribution in [0.1, 0.15) is 84.4 Å². The van der Waals surface area contributed by atoms with Crippen molar-refractivity contribution in [2.45, 2.75) is 90.6 Å². The zero-order valence-electron chi connectivity index (χ0n) is 20.6. The number of benzene rings is 1. The van der Waals surface area contributed by atoms with Crippen molar-refractivity contribution in [1.82, 2.24) is 9.97 Å². The molecule has 1 heterocycles. The van der Waals surface area contributed by atoms with Gasteiger partial charge in [-0.15, -0.1) is 0 Å². The third kappa shape index (κ3) is 3.26. The number of fused-ring (bicyclic) bond motifs is 6. The van der Waals surface area contributed by atoms with Gasteiger partial charge in [-0.1, -0.05) is 26.0 Å². The largest absolute Gasteiger partial charge is 0.389 e. The maximum absolute atomic E-state index is 12.4. The van der Waals surface area contributed by atoms with Gasteiger partial charge in [0.15, 0.2) is 0 Å². The fraction of sp³-hybridized carbons (Fsp3) is 0.724. The smallest absolute Gasteiger partial charge is 0.133 e. The van der Waals surface area contributed by atoms with Crippen LogP contribution in [0.2, 0.25) is 0 Å². The van der Waals surface area contributed by atoms with E-state index in [1.165, 1.54) is 32.1 Å². The molecule has 8 atom stereocenters. The van der Waals surface area contributed by atoms with Crippen LogP contribution in [0.3, 0.4) is 0 Å². The Morgan fingerprint density at radius 1 is 1.03 bits per heavy atom. The molecule has 2 aromatic rings. The molecule has 0 bridgehead atoms. The second-order valence-electron chi connectivity index (χ2n) is 12.7. The first kappa shape index (κ1) is 21.8. The number of aromatic amines is 1. The summed E-state index contributed by atoms with van der Waals surface area (Å²) in [7, 11) is 0. The van der Waals surface area contributed by atoms with Crippen molar-refractivity contribution >= 4 is 16.8 Å². The predicted octanol–water partition coefficient (Wildman–Crippen LogP) is 6.08. The van der Waals surface area contributed by atoms with Crippen LogP contribution in [-0.4, -0.2) is 26.5 Å². The molecule has 4 nitrogen and oxygen atoms in total. The minimum Gasteiger partial charge on any atom is -0.389 e. The summed E-state index contributed by atoms with van der Waals surface area (Å²) < 4.78 is 0. The van der Waals surface area contributed by atoms with Gasteiger partial charge >= 0.3 is 0 Å². The number of aliphatic hydroxyl groups is 1. The Morgan fingerprint density at radius 2 is 1.82 bits per heavy atom. The van der Waals surface area contributed by atoms with Gasteiger partial charge in [-0.3, -0.25) is 4.79 Å². The number of ketones is 1. The monoisotopic (exact) mass is 448 g/mol. The van der Waals surface area contributed by atoms with E-state index < -0.39 is 5.60 Å². The van der Waals surface area contributed by atoms with Gasteiger partial charge < -0.3 is 10.1 Å². The van der Waals surface area contributed by atoms with Gasteiger partial charge in [0, 0.05) is 12.3 Å². The Balaban J connectivity index is 1.21. The van der Waals surface area contributed by atoms with Crippen molar-refractivity contribution in [3.05, 3.63) is 30.1 Å². The minimum atomic E-state index is -0.652. The van der Waals surface area contributed by atoms with Crippen LogP contribution in [0, 0.1) is 40.4 Å². The molecule has 2 N–H and O–H groups in total. The minimum absolute atomic E-state index is 0.229. The average Bonchev–Trinajstić information content (AvgIpc) is 3.34. The van der Waals surface area contributed by atoms with Crippen molar-refractivity contribution < 1.29 is 9.90 Å². The molecule has 0 saturated heterocycles. The molecule has 1 unspecified atom stereocenters. The number of Topliss-reactive ketones (excluding diaryl/α,β-unsaturated/α-hetero) is 1. The van der Waals surface area contributed by atoms with Gasteiger partial charge in [0.05, 0.1) is 16.6 Å². The van der Waals surface area contributed by atoms with Crippen LogP contribution in [0.15, 0.2) is 24.3 Å². The molecule has 33 heavy (non-hydrogen) atoms. The van der Waals surface area contributed by atoms with Crippen LogP contribution in [-0.2, 0) is 11.2 Å². The first-order valence-corrected chi connectivity index (χ1v) is 13.4. The number of carbonyl (C=O) groups excluding carboxylic acids is 1. The first-order chi connectivity index (χ1) is 15.7. The SMILES string of the molecule is CC(=O)[C@H]1CC[C@H]2[C@@H]3CCC4C[C@@](O)(Cc5nc6ccccc6[nH]5)CC[C@]4(C)[C@H]3CC[C@]12C. The van der Waals surface area contributed by atoms with Gasteiger partial charge in [-0.25, -0.2) is 4.98 Å². The molecular weight excluding hydrogens is 408 g/mol. The van der Waals surface area contributed by atoms with Crippen molar-refractivity contribution in [1.29, 1.82) is 0 Å². The van der Waals surface area contributed by atoms with E-state index in [2.05, 4.69) is 24.9 Å². The van der Waals surface area contributed by atoms with E-state index >= 15 is 0 Å². The summed E-state index contributed by atoms with van der Waals surface area (Å²) in [6.45, 7) is 6.82. The van der Waals surface area contributed by atoms with E-state index in [0.717, 1.165) is 60.3 Å². The molecule has 0 radical (unpaired) electrons. The van der Waals surface area contributed by atoms with E-state index in [0.29, 0.717) is 23.5 Å². The molecule has 1 aromatic carbocycles. The van der Waals surface area contributed by atoms with E-state index in [4.69, 9.17) is 4.98 Å². The Kier molecular flexibility index (Phi) is 4.90. The molecule has 4 saturated carbocycles. The lowest BCUT2D eigenvalue weighted by atomic mass is 9.43. The third-order valence-electron chi connectivity index (χ3n) is 11.2. The van der Waals surface area contributed by atoms with Gasteiger partial charge in [-0.2, -0.15) is 0 Å². The number of imidazole rings is 1. The number of nitrogens with zero attached hydrogens (tertiary/aromatic N) is 1. The molecule has 4 fully saturated rings. The number of rotatable bonds is 3. The topological polar surface area (TPSA) is 66.0 Å². The maximum atomic E-state index is 12.4. The van der Waals surface area contributed by atoms with Gasteiger partial charge in [0.1, 0.15) is 11.6 Å². The van der Waals surface area contributed by atoms with E-state index in [1.54, 1.807) is 0 Å². The molecule has 1 aromatic heterocycles. The fourth-order valence-corrected chi connectivity index (χ4v) is 9.55. The summed E-state index contributed by atoms with van der Waals surface area (Å²) in [4.78, 5) is 20.6. The Morgan fingerprint density at radius 3 is 2.61 bits per heavy atom. The summed E-state index contributed by atoms with van der Waals surface area (Å²) in [5.41, 5.74) is 1.96. The lowest BCUT2D eigenvalue weighted by Crippen LogP contribution is -2.56. The molecular formula is C29H40N2O2. The summed E-state index contributed by atoms with van der Waals surface area (Å²) in [6, 6.07) is 8.15. The fourth-order valence-electron chi connectivity index (χ4n) is 9.55. The lowest BCUT2D eigenvalue weighted by Gasteiger charge is -2.62. The van der Waals surface area contributed by atoms with Crippen LogP contribution in [0.25, 0.3) is 11.0 Å². The van der Waals surface area contributed by atoms with Crippen molar-refractivity contribution in [3.8, 4) is 0 Å². The standard InChI is InChI=1S/C29H40N2O2/c1-18(32)21-10-11-22-20-9-8-19-16-29(33,17-26-30-24-6-4-5-7-25(24)31-26)15-14-27(19,2)23(20)12-13-28(21,22)3/h4-7,19-23,33H,8-17H2,1-3H3,(H,30,31)/t19?,20-,21+,22-,23-,27-,28+,29+/m0/s1. The summed E-state index contributed by atoms with van der Waals surface area (Å²) in [5.74, 6) is 4.48. The highest BCUT2D eigenvalue weighted by atomic mass is 16.3. The summed E-state index contributed by atoms with van der Waals surface area (Å²) in [6.07, 6.45) is 10.9. The van der Waals surface area contributed by atoms with E-state index in [-0.39, 0.29) is 11.3 Å². The lowest BCUT2D eigenvalue weighted by molar-refractivity contribution is -0.153. The van der Waals surface area contributed by atoms with Crippen LogP contribution in [0.5, 0.6) is 0 Å². The first-order valence-electron chi connectivity index (χ1n) is 13.4. The molecule has 0 amide bonds. The van der Waals surface area contributed by atoms with Gasteiger partial charge in [0.2, 0.25) is 0 Å². The molecule has 4 heteroatoms. The number of H-pyrrole nitrogens is 1. The van der Waals surface area contributed by atoms with Gasteiger partial charge in [0.25, 0.3) is 0 Å². The zero-order chi connectivity index (χ0) is 23.0. The number of carbonyl (C=O) groups is 1. The summed E-state index contributed by atoms with van der Waals surface area (Å²) in [5, 5.41) is 11.7. The maximum Gasteiger partial charge on any atom is 0.133 e. The highest BCUT2D eigenvalue weighted by Crippen LogP contribution is 2.68. The van der Waals surface area contributed by atoms with Crippen LogP contribution >= 0.6 is 0 Å². The van der Waals surface area contributed by atoms with E-state index in [1.807, 2.05) is 25.1 Å². The van der Waals surface area contributed by atoms with Crippen molar-refractivity contribution in [2.75, 3.05) is 0 Å². The zero-order valence-corrected chi connectivity index (χ0v) is 20.6. The number of para-hydroxylation sites is 2. The van der Waals surface area contributed by atoms with E-state index in [9.17, 15) is 9.90 Å². The summed E-state index contributed by atoms with van der Waals surface area (Å²) >= 11 is 0. The predicted molar refractivity (Wildman–Crippen MR) is 131 cm³/mol. The molecule has 4 aliphatic rings. The normalized spacial score (nSPS) is 44.8. The number of aromatic nitrogens is 2. The Labute approximate surface area is 198 Å². The molecule has 178 valence electrons. The molecule has 6 rings (SSSR count). The Hall–Kier alpha value is -1.68. The van der Waals surface area contributed by atoms with Gasteiger partial charge in [-0.05, 0) is 111 Å². The quantitative estimate of drug-likeness (QED) is 0.597. The number of hydrogen-bond donors (Lipinski definition) is 2. The highest BCUT2D eigenvalue weighted by molar-refractivity contribution is 5.79. The Bertz CT molecular complexity index is 1040. The molecule has 4 aliphatic carbocycles. The second-order valence-corrected chi connectivity index (χ2v) is 12.7.